The number of nitrogens with one attached hydrogen (secondary N) is 3. The van der Waals surface area contributed by atoms with E-state index in [1.165, 1.54) is 0 Å². The van der Waals surface area contributed by atoms with Crippen LogP contribution in [-0.2, 0) is 6.42 Å². The second-order valence-electron chi connectivity index (χ2n) is 5.32. The SMILES string of the molecule is CCc1[nH]nc(C(=O)N[C@H]2CCC[C@H]2Oc2cn[nH]c2)c1Cl. The molecule has 2 atom stereocenters. The van der Waals surface area contributed by atoms with Gasteiger partial charge in [-0.1, -0.05) is 18.5 Å². The van der Waals surface area contributed by atoms with Crippen LogP contribution in [0.15, 0.2) is 12.4 Å². The summed E-state index contributed by atoms with van der Waals surface area (Å²) >= 11 is 6.16. The highest BCUT2D eigenvalue weighted by molar-refractivity contribution is 6.34. The summed E-state index contributed by atoms with van der Waals surface area (Å²) in [7, 11) is 0. The van der Waals surface area contributed by atoms with Crippen LogP contribution < -0.4 is 10.1 Å². The monoisotopic (exact) mass is 323 g/mol. The van der Waals surface area contributed by atoms with Gasteiger partial charge in [-0.25, -0.2) is 0 Å². The van der Waals surface area contributed by atoms with Crippen molar-refractivity contribution in [3.63, 3.8) is 0 Å². The molecule has 1 fully saturated rings. The molecule has 22 heavy (non-hydrogen) atoms. The Morgan fingerprint density at radius 1 is 1.55 bits per heavy atom. The Hall–Kier alpha value is -2.02. The highest BCUT2D eigenvalue weighted by Crippen LogP contribution is 2.25. The summed E-state index contributed by atoms with van der Waals surface area (Å²) in [6.45, 7) is 1.95. The number of nitrogens with zero attached hydrogens (tertiary/aromatic N) is 2. The van der Waals surface area contributed by atoms with Crippen molar-refractivity contribution in [2.24, 2.45) is 0 Å². The molecule has 3 N–H and O–H groups in total. The normalized spacial score (nSPS) is 21.0. The standard InChI is InChI=1S/C14H18ClN5O2/c1-2-9-12(15)13(20-19-9)14(21)18-10-4-3-5-11(10)22-8-6-16-17-7-8/h6-7,10-11H,2-5H2,1H3,(H,16,17)(H,18,21)(H,19,20)/t10-,11+/m0/s1. The van der Waals surface area contributed by atoms with Crippen molar-refractivity contribution in [3.8, 4) is 5.75 Å². The summed E-state index contributed by atoms with van der Waals surface area (Å²) in [6, 6.07) is -0.0553. The third-order valence-electron chi connectivity index (χ3n) is 3.87. The van der Waals surface area contributed by atoms with E-state index < -0.39 is 0 Å². The Morgan fingerprint density at radius 2 is 2.41 bits per heavy atom. The van der Waals surface area contributed by atoms with Gasteiger partial charge in [-0.05, 0) is 25.7 Å². The van der Waals surface area contributed by atoms with Gasteiger partial charge >= 0.3 is 0 Å². The van der Waals surface area contributed by atoms with Crippen molar-refractivity contribution in [2.45, 2.75) is 44.8 Å². The summed E-state index contributed by atoms with van der Waals surface area (Å²) < 4.78 is 5.85. The van der Waals surface area contributed by atoms with Crippen molar-refractivity contribution in [1.82, 2.24) is 25.7 Å². The highest BCUT2D eigenvalue weighted by Gasteiger charge is 2.32. The van der Waals surface area contributed by atoms with E-state index in [1.54, 1.807) is 12.4 Å². The van der Waals surface area contributed by atoms with E-state index in [9.17, 15) is 4.79 Å². The Balaban J connectivity index is 1.66. The number of aromatic amines is 2. The number of ether oxygens (including phenoxy) is 1. The Kier molecular flexibility index (Phi) is 4.33. The van der Waals surface area contributed by atoms with Crippen LogP contribution in [0.3, 0.4) is 0 Å². The van der Waals surface area contributed by atoms with Crippen LogP contribution in [0.2, 0.25) is 5.02 Å². The number of carbonyl (C=O) groups is 1. The van der Waals surface area contributed by atoms with Crippen LogP contribution in [0.25, 0.3) is 0 Å². The van der Waals surface area contributed by atoms with Gasteiger partial charge in [0.2, 0.25) is 0 Å². The number of amides is 1. The third kappa shape index (κ3) is 2.94. The van der Waals surface area contributed by atoms with Crippen LogP contribution in [0.4, 0.5) is 0 Å². The number of aromatic nitrogens is 4. The van der Waals surface area contributed by atoms with E-state index in [2.05, 4.69) is 25.7 Å². The van der Waals surface area contributed by atoms with Crippen LogP contribution >= 0.6 is 11.6 Å². The van der Waals surface area contributed by atoms with Crippen molar-refractivity contribution < 1.29 is 9.53 Å². The molecule has 0 aromatic carbocycles. The van der Waals surface area contributed by atoms with E-state index in [0.717, 1.165) is 25.0 Å². The average Bonchev–Trinajstić information content (AvgIpc) is 3.22. The number of aryl methyl sites for hydroxylation is 1. The van der Waals surface area contributed by atoms with Gasteiger partial charge in [0.1, 0.15) is 6.10 Å². The molecule has 2 aromatic heterocycles. The summed E-state index contributed by atoms with van der Waals surface area (Å²) in [5, 5.41) is 16.7. The zero-order chi connectivity index (χ0) is 15.5. The minimum atomic E-state index is -0.270. The number of hydrogen-bond donors (Lipinski definition) is 3. The quantitative estimate of drug-likeness (QED) is 0.785. The lowest BCUT2D eigenvalue weighted by molar-refractivity contribution is 0.0889. The molecule has 1 aliphatic rings. The number of H-pyrrole nitrogens is 2. The zero-order valence-corrected chi connectivity index (χ0v) is 13.0. The molecule has 0 saturated heterocycles. The number of rotatable bonds is 5. The predicted molar refractivity (Wildman–Crippen MR) is 81.1 cm³/mol. The van der Waals surface area contributed by atoms with E-state index in [4.69, 9.17) is 16.3 Å². The van der Waals surface area contributed by atoms with Gasteiger partial charge in [0.15, 0.2) is 11.4 Å². The molecule has 0 bridgehead atoms. The second kappa shape index (κ2) is 6.39. The molecule has 2 aromatic rings. The predicted octanol–water partition coefficient (Wildman–Crippen LogP) is 2.08. The highest BCUT2D eigenvalue weighted by atomic mass is 35.5. The number of carbonyl (C=O) groups excluding carboxylic acids is 1. The topological polar surface area (TPSA) is 95.7 Å². The summed E-state index contributed by atoms with van der Waals surface area (Å²) in [4.78, 5) is 12.3. The van der Waals surface area contributed by atoms with Gasteiger partial charge in [0, 0.05) is 0 Å². The molecule has 1 amide bonds. The molecule has 0 spiro atoms. The van der Waals surface area contributed by atoms with E-state index in [0.29, 0.717) is 17.2 Å². The minimum Gasteiger partial charge on any atom is -0.485 e. The Bertz CT molecular complexity index is 640. The summed E-state index contributed by atoms with van der Waals surface area (Å²) in [5.74, 6) is 0.408. The second-order valence-corrected chi connectivity index (χ2v) is 5.70. The maximum Gasteiger partial charge on any atom is 0.273 e. The molecule has 7 nitrogen and oxygen atoms in total. The lowest BCUT2D eigenvalue weighted by Gasteiger charge is -2.21. The molecule has 0 unspecified atom stereocenters. The van der Waals surface area contributed by atoms with Gasteiger partial charge in [-0.3, -0.25) is 15.0 Å². The molecular weight excluding hydrogens is 306 g/mol. The van der Waals surface area contributed by atoms with Gasteiger partial charge in [-0.15, -0.1) is 0 Å². The van der Waals surface area contributed by atoms with Gasteiger partial charge in [0.05, 0.1) is 29.2 Å². The fourth-order valence-corrected chi connectivity index (χ4v) is 3.00. The van der Waals surface area contributed by atoms with Crippen LogP contribution in [0, 0.1) is 0 Å². The van der Waals surface area contributed by atoms with Crippen molar-refractivity contribution in [1.29, 1.82) is 0 Å². The smallest absolute Gasteiger partial charge is 0.273 e. The lowest BCUT2D eigenvalue weighted by Crippen LogP contribution is -2.42. The van der Waals surface area contributed by atoms with Gasteiger partial charge in [0.25, 0.3) is 5.91 Å². The van der Waals surface area contributed by atoms with E-state index in [1.807, 2.05) is 6.92 Å². The maximum absolute atomic E-state index is 12.3. The largest absolute Gasteiger partial charge is 0.485 e. The lowest BCUT2D eigenvalue weighted by atomic mass is 10.2. The molecule has 8 heteroatoms. The van der Waals surface area contributed by atoms with Crippen molar-refractivity contribution in [3.05, 3.63) is 28.8 Å². The van der Waals surface area contributed by atoms with Crippen LogP contribution in [0.1, 0.15) is 42.4 Å². The maximum atomic E-state index is 12.3. The Labute approximate surface area is 132 Å². The molecule has 118 valence electrons. The third-order valence-corrected chi connectivity index (χ3v) is 4.28. The molecule has 3 rings (SSSR count). The number of hydrogen-bond acceptors (Lipinski definition) is 4. The molecule has 2 heterocycles. The fraction of sp³-hybridized carbons (Fsp3) is 0.500. The summed E-state index contributed by atoms with van der Waals surface area (Å²) in [6.07, 6.45) is 6.72. The first-order valence-corrected chi connectivity index (χ1v) is 7.76. The van der Waals surface area contributed by atoms with Gasteiger partial charge < -0.3 is 10.1 Å². The molecule has 0 radical (unpaired) electrons. The zero-order valence-electron chi connectivity index (χ0n) is 12.2. The summed E-state index contributed by atoms with van der Waals surface area (Å²) in [5.41, 5.74) is 1.01. The van der Waals surface area contributed by atoms with E-state index in [-0.39, 0.29) is 23.7 Å². The first-order chi connectivity index (χ1) is 10.7. The molecule has 1 saturated carbocycles. The Morgan fingerprint density at radius 3 is 3.09 bits per heavy atom. The minimum absolute atomic E-state index is 0.0553. The number of halogens is 1. The molecule has 1 aliphatic carbocycles. The van der Waals surface area contributed by atoms with Crippen molar-refractivity contribution in [2.75, 3.05) is 0 Å². The average molecular weight is 324 g/mol. The first kappa shape index (κ1) is 14.9. The van der Waals surface area contributed by atoms with Crippen molar-refractivity contribution >= 4 is 17.5 Å². The molecular formula is C14H18ClN5O2. The van der Waals surface area contributed by atoms with Crippen LogP contribution in [0.5, 0.6) is 5.75 Å². The first-order valence-electron chi connectivity index (χ1n) is 7.38. The fourth-order valence-electron chi connectivity index (χ4n) is 2.70. The van der Waals surface area contributed by atoms with E-state index >= 15 is 0 Å². The molecule has 0 aliphatic heterocycles. The van der Waals surface area contributed by atoms with Gasteiger partial charge in [-0.2, -0.15) is 10.2 Å². The van der Waals surface area contributed by atoms with Crippen LogP contribution in [-0.4, -0.2) is 38.4 Å².